The van der Waals surface area contributed by atoms with Gasteiger partial charge in [-0.05, 0) is 17.7 Å². The highest BCUT2D eigenvalue weighted by atomic mass is 32.2. The Bertz CT molecular complexity index is 691. The number of hydrogen-bond donors (Lipinski definition) is 0. The molecular formula is C15H13NO3S. The van der Waals surface area contributed by atoms with Crippen LogP contribution in [0.3, 0.4) is 0 Å². The van der Waals surface area contributed by atoms with Gasteiger partial charge in [-0.15, -0.1) is 0 Å². The van der Waals surface area contributed by atoms with Crippen LogP contribution in [0.15, 0.2) is 65.6 Å². The van der Waals surface area contributed by atoms with E-state index in [1.807, 2.05) is 12.1 Å². The Morgan fingerprint density at radius 2 is 1.55 bits per heavy atom. The lowest BCUT2D eigenvalue weighted by Crippen LogP contribution is -2.13. The molecule has 1 atom stereocenters. The van der Waals surface area contributed by atoms with Gasteiger partial charge in [0.25, 0.3) is 0 Å². The van der Waals surface area contributed by atoms with Crippen molar-refractivity contribution < 1.29 is 13.2 Å². The van der Waals surface area contributed by atoms with Crippen molar-refractivity contribution in [3.8, 4) is 6.07 Å². The highest BCUT2D eigenvalue weighted by Crippen LogP contribution is 2.19. The average Bonchev–Trinajstić information content (AvgIpc) is 2.50. The topological polar surface area (TPSA) is 67.2 Å². The molecule has 0 fully saturated rings. The van der Waals surface area contributed by atoms with E-state index < -0.39 is 21.9 Å². The molecule has 20 heavy (non-hydrogen) atoms. The van der Waals surface area contributed by atoms with E-state index in [9.17, 15) is 8.42 Å². The molecule has 0 aromatic heterocycles. The Morgan fingerprint density at radius 3 is 2.10 bits per heavy atom. The third-order valence-corrected chi connectivity index (χ3v) is 4.15. The van der Waals surface area contributed by atoms with Crippen LogP contribution in [-0.2, 0) is 14.6 Å². The summed E-state index contributed by atoms with van der Waals surface area (Å²) in [4.78, 5) is 0.185. The molecular weight excluding hydrogens is 274 g/mol. The van der Waals surface area contributed by atoms with Crippen LogP contribution in [0.25, 0.3) is 0 Å². The number of ether oxygens (including phenoxy) is 1. The molecule has 0 spiro atoms. The number of sulfone groups is 1. The molecule has 0 radical (unpaired) electrons. The number of benzene rings is 2. The summed E-state index contributed by atoms with van der Waals surface area (Å²) in [6.45, 7) is 0. The van der Waals surface area contributed by atoms with Crippen LogP contribution in [0.5, 0.6) is 0 Å². The van der Waals surface area contributed by atoms with Gasteiger partial charge in [0, 0.05) is 0 Å². The largest absolute Gasteiger partial charge is 0.342 e. The predicted octanol–water partition coefficient (Wildman–Crippen LogP) is 2.70. The van der Waals surface area contributed by atoms with Gasteiger partial charge in [0.15, 0.2) is 12.0 Å². The molecule has 0 heterocycles. The number of nitriles is 1. The zero-order valence-electron chi connectivity index (χ0n) is 10.6. The summed E-state index contributed by atoms with van der Waals surface area (Å²) in [7, 11) is -3.55. The van der Waals surface area contributed by atoms with Crippen molar-refractivity contribution in [2.24, 2.45) is 0 Å². The van der Waals surface area contributed by atoms with E-state index >= 15 is 0 Å². The first-order valence-electron chi connectivity index (χ1n) is 5.97. The normalized spacial score (nSPS) is 12.6. The van der Waals surface area contributed by atoms with Crippen molar-refractivity contribution in [1.29, 1.82) is 5.26 Å². The quantitative estimate of drug-likeness (QED) is 0.848. The van der Waals surface area contributed by atoms with Crippen molar-refractivity contribution in [1.82, 2.24) is 0 Å². The average molecular weight is 287 g/mol. The molecule has 0 bridgehead atoms. The zero-order chi connectivity index (χ0) is 14.4. The Morgan fingerprint density at radius 1 is 1.00 bits per heavy atom. The molecule has 0 aliphatic rings. The molecule has 1 unspecified atom stereocenters. The van der Waals surface area contributed by atoms with Crippen molar-refractivity contribution in [3.63, 3.8) is 0 Å². The van der Waals surface area contributed by atoms with Gasteiger partial charge in [-0.1, -0.05) is 48.5 Å². The Balaban J connectivity index is 2.10. The van der Waals surface area contributed by atoms with Crippen molar-refractivity contribution in [3.05, 3.63) is 66.2 Å². The smallest absolute Gasteiger partial charge is 0.202 e. The van der Waals surface area contributed by atoms with E-state index in [0.717, 1.165) is 0 Å². The fourth-order valence-electron chi connectivity index (χ4n) is 1.69. The van der Waals surface area contributed by atoms with Crippen LogP contribution >= 0.6 is 0 Å². The van der Waals surface area contributed by atoms with Crippen molar-refractivity contribution >= 4 is 9.84 Å². The van der Waals surface area contributed by atoms with Gasteiger partial charge in [-0.25, -0.2) is 8.42 Å². The number of hydrogen-bond acceptors (Lipinski definition) is 4. The predicted molar refractivity (Wildman–Crippen MR) is 74.4 cm³/mol. The molecule has 4 nitrogen and oxygen atoms in total. The lowest BCUT2D eigenvalue weighted by atomic mass is 10.1. The molecule has 0 aliphatic carbocycles. The van der Waals surface area contributed by atoms with E-state index in [2.05, 4.69) is 0 Å². The summed E-state index contributed by atoms with van der Waals surface area (Å²) in [5.41, 5.74) is 0.637. The molecule has 2 aromatic carbocycles. The first-order valence-corrected chi connectivity index (χ1v) is 7.63. The fraction of sp³-hybridized carbons (Fsp3) is 0.133. The lowest BCUT2D eigenvalue weighted by molar-refractivity contribution is 0.129. The number of rotatable bonds is 5. The Hall–Kier alpha value is -2.16. The van der Waals surface area contributed by atoms with Crippen LogP contribution in [0, 0.1) is 11.3 Å². The summed E-state index contributed by atoms with van der Waals surface area (Å²) < 4.78 is 29.3. The summed E-state index contributed by atoms with van der Waals surface area (Å²) in [5.74, 6) is -0.524. The van der Waals surface area contributed by atoms with Crippen LogP contribution < -0.4 is 0 Å². The monoisotopic (exact) mass is 287 g/mol. The van der Waals surface area contributed by atoms with Crippen molar-refractivity contribution in [2.75, 3.05) is 5.94 Å². The Labute approximate surface area is 118 Å². The molecule has 0 amide bonds. The minimum atomic E-state index is -3.55. The molecule has 2 rings (SSSR count). The van der Waals surface area contributed by atoms with E-state index in [1.54, 1.807) is 42.5 Å². The minimum absolute atomic E-state index is 0.185. The van der Waals surface area contributed by atoms with E-state index in [1.165, 1.54) is 12.1 Å². The van der Waals surface area contributed by atoms with Gasteiger partial charge >= 0.3 is 0 Å². The second-order valence-corrected chi connectivity index (χ2v) is 6.07. The van der Waals surface area contributed by atoms with Gasteiger partial charge < -0.3 is 4.74 Å². The summed E-state index contributed by atoms with van der Waals surface area (Å²) in [6.07, 6.45) is -0.894. The number of nitrogens with zero attached hydrogens (tertiary/aromatic N) is 1. The zero-order valence-corrected chi connectivity index (χ0v) is 11.5. The van der Waals surface area contributed by atoms with Crippen LogP contribution in [-0.4, -0.2) is 14.4 Å². The SMILES string of the molecule is N#CC(OCS(=O)(=O)c1ccccc1)c1ccccc1. The minimum Gasteiger partial charge on any atom is -0.342 e. The molecule has 0 saturated carbocycles. The van der Waals surface area contributed by atoms with E-state index in [0.29, 0.717) is 5.56 Å². The van der Waals surface area contributed by atoms with Gasteiger partial charge in [0.05, 0.1) is 11.0 Å². The molecule has 0 N–H and O–H groups in total. The molecule has 2 aromatic rings. The molecule has 0 saturated heterocycles. The van der Waals surface area contributed by atoms with Crippen LogP contribution in [0.2, 0.25) is 0 Å². The molecule has 102 valence electrons. The van der Waals surface area contributed by atoms with Crippen LogP contribution in [0.1, 0.15) is 11.7 Å². The van der Waals surface area contributed by atoms with E-state index in [4.69, 9.17) is 10.00 Å². The first kappa shape index (κ1) is 14.3. The lowest BCUT2D eigenvalue weighted by Gasteiger charge is -2.11. The van der Waals surface area contributed by atoms with Crippen LogP contribution in [0.4, 0.5) is 0 Å². The summed E-state index contributed by atoms with van der Waals surface area (Å²) in [6, 6.07) is 18.8. The van der Waals surface area contributed by atoms with Gasteiger partial charge in [-0.3, -0.25) is 0 Å². The molecule has 0 aliphatic heterocycles. The first-order chi connectivity index (χ1) is 9.63. The Kier molecular flexibility index (Phi) is 4.51. The summed E-state index contributed by atoms with van der Waals surface area (Å²) in [5, 5.41) is 9.08. The highest BCUT2D eigenvalue weighted by Gasteiger charge is 2.18. The standard InChI is InChI=1S/C15H13NO3S/c16-11-15(13-7-3-1-4-8-13)19-12-20(17,18)14-9-5-2-6-10-14/h1-10,15H,12H2. The second-order valence-electron chi connectivity index (χ2n) is 4.13. The third-order valence-electron chi connectivity index (χ3n) is 2.71. The second kappa shape index (κ2) is 6.33. The summed E-state index contributed by atoms with van der Waals surface area (Å²) >= 11 is 0. The van der Waals surface area contributed by atoms with Gasteiger partial charge in [0.1, 0.15) is 0 Å². The van der Waals surface area contributed by atoms with E-state index in [-0.39, 0.29) is 4.90 Å². The van der Waals surface area contributed by atoms with Gasteiger partial charge in [-0.2, -0.15) is 5.26 Å². The maximum atomic E-state index is 12.0. The maximum Gasteiger partial charge on any atom is 0.202 e. The fourth-order valence-corrected chi connectivity index (χ4v) is 2.71. The highest BCUT2D eigenvalue weighted by molar-refractivity contribution is 7.91. The van der Waals surface area contributed by atoms with Crippen molar-refractivity contribution in [2.45, 2.75) is 11.0 Å². The maximum absolute atomic E-state index is 12.0. The third kappa shape index (κ3) is 3.44. The van der Waals surface area contributed by atoms with Gasteiger partial charge in [0.2, 0.25) is 9.84 Å². The molecule has 5 heteroatoms.